The van der Waals surface area contributed by atoms with E-state index in [0.717, 1.165) is 17.3 Å². The van der Waals surface area contributed by atoms with Crippen molar-refractivity contribution in [1.82, 2.24) is 0 Å². The van der Waals surface area contributed by atoms with E-state index in [4.69, 9.17) is 4.52 Å². The molecule has 1 unspecified atom stereocenters. The first-order valence-electron chi connectivity index (χ1n) is 5.43. The Balaban J connectivity index is 2.95. The van der Waals surface area contributed by atoms with Crippen LogP contribution in [0.2, 0.25) is 0 Å². The van der Waals surface area contributed by atoms with Gasteiger partial charge in [-0.3, -0.25) is 4.57 Å². The van der Waals surface area contributed by atoms with Gasteiger partial charge in [-0.1, -0.05) is 31.5 Å². The Hall–Kier alpha value is -0.590. The Kier molecular flexibility index (Phi) is 4.56. The maximum absolute atomic E-state index is 12.5. The van der Waals surface area contributed by atoms with Gasteiger partial charge in [0.05, 0.1) is 6.61 Å². The molecule has 0 radical (unpaired) electrons. The van der Waals surface area contributed by atoms with E-state index in [-0.39, 0.29) is 0 Å². The molecule has 0 aliphatic rings. The molecule has 0 aliphatic heterocycles. The van der Waals surface area contributed by atoms with Crippen molar-refractivity contribution in [3.05, 3.63) is 29.8 Å². The lowest BCUT2D eigenvalue weighted by Crippen LogP contribution is -2.10. The smallest absolute Gasteiger partial charge is 0.231 e. The Morgan fingerprint density at radius 2 is 2.07 bits per heavy atom. The van der Waals surface area contributed by atoms with Crippen molar-refractivity contribution >= 4 is 12.7 Å². The third kappa shape index (κ3) is 3.19. The second kappa shape index (κ2) is 5.48. The van der Waals surface area contributed by atoms with Crippen molar-refractivity contribution in [1.29, 1.82) is 0 Å². The molecule has 0 saturated heterocycles. The Bertz CT molecular complexity index is 360. The van der Waals surface area contributed by atoms with Gasteiger partial charge in [0.15, 0.2) is 0 Å². The topological polar surface area (TPSA) is 26.3 Å². The lowest BCUT2D eigenvalue weighted by atomic mass is 10.2. The summed E-state index contributed by atoms with van der Waals surface area (Å²) in [6, 6.07) is 7.79. The summed E-state index contributed by atoms with van der Waals surface area (Å²) in [6.07, 6.45) is 1.46. The molecule has 0 aliphatic carbocycles. The van der Waals surface area contributed by atoms with Gasteiger partial charge in [0, 0.05) is 11.5 Å². The minimum absolute atomic E-state index is 0.566. The van der Waals surface area contributed by atoms with Crippen molar-refractivity contribution in [3.63, 3.8) is 0 Å². The number of benzene rings is 1. The molecule has 1 aromatic rings. The van der Waals surface area contributed by atoms with E-state index >= 15 is 0 Å². The van der Waals surface area contributed by atoms with E-state index in [0.29, 0.717) is 12.8 Å². The van der Waals surface area contributed by atoms with E-state index in [1.54, 1.807) is 0 Å². The molecule has 3 heteroatoms. The van der Waals surface area contributed by atoms with Crippen LogP contribution >= 0.6 is 7.37 Å². The molecule has 1 atom stereocenters. The summed E-state index contributed by atoms with van der Waals surface area (Å²) in [5.74, 6) is 0. The average Bonchev–Trinajstić information content (AvgIpc) is 2.26. The van der Waals surface area contributed by atoms with Gasteiger partial charge in [-0.15, -0.1) is 0 Å². The van der Waals surface area contributed by atoms with Gasteiger partial charge in [-0.25, -0.2) is 0 Å². The van der Waals surface area contributed by atoms with Crippen LogP contribution in [0, 0.1) is 6.92 Å². The second-order valence-electron chi connectivity index (χ2n) is 3.66. The van der Waals surface area contributed by atoms with Crippen molar-refractivity contribution in [2.75, 3.05) is 12.8 Å². The molecule has 1 rings (SSSR count). The lowest BCUT2D eigenvalue weighted by Gasteiger charge is -2.17. The molecule has 0 spiro atoms. The van der Waals surface area contributed by atoms with Crippen LogP contribution in [0.1, 0.15) is 25.8 Å². The molecule has 0 fully saturated rings. The lowest BCUT2D eigenvalue weighted by molar-refractivity contribution is 0.320. The number of rotatable bonds is 5. The van der Waals surface area contributed by atoms with E-state index < -0.39 is 7.37 Å². The predicted molar refractivity (Wildman–Crippen MR) is 65.2 cm³/mol. The molecule has 1 aromatic carbocycles. The highest BCUT2D eigenvalue weighted by Gasteiger charge is 2.22. The van der Waals surface area contributed by atoms with Gasteiger partial charge in [-0.05, 0) is 25.5 Å². The zero-order valence-corrected chi connectivity index (χ0v) is 10.6. The first-order chi connectivity index (χ1) is 7.12. The van der Waals surface area contributed by atoms with E-state index in [1.807, 2.05) is 45.0 Å². The summed E-state index contributed by atoms with van der Waals surface area (Å²) in [5, 5.41) is 0.846. The summed E-state index contributed by atoms with van der Waals surface area (Å²) in [4.78, 5) is 0. The Morgan fingerprint density at radius 3 is 2.60 bits per heavy atom. The third-order valence-corrected chi connectivity index (χ3v) is 4.81. The van der Waals surface area contributed by atoms with Gasteiger partial charge < -0.3 is 4.52 Å². The van der Waals surface area contributed by atoms with Crippen molar-refractivity contribution in [3.8, 4) is 0 Å². The highest BCUT2D eigenvalue weighted by Crippen LogP contribution is 2.45. The van der Waals surface area contributed by atoms with Crippen LogP contribution in [-0.4, -0.2) is 12.8 Å². The summed E-state index contributed by atoms with van der Waals surface area (Å²) in [5.41, 5.74) is 1.13. The van der Waals surface area contributed by atoms with Crippen LogP contribution in [0.3, 0.4) is 0 Å². The van der Waals surface area contributed by atoms with Crippen LogP contribution in [-0.2, 0) is 9.09 Å². The summed E-state index contributed by atoms with van der Waals surface area (Å²) in [6.45, 7) is 6.51. The predicted octanol–water partition coefficient (Wildman–Crippen LogP) is 3.34. The molecule has 0 saturated carbocycles. The number of hydrogen-bond acceptors (Lipinski definition) is 2. The fourth-order valence-corrected chi connectivity index (χ4v) is 3.31. The third-order valence-electron chi connectivity index (χ3n) is 2.32. The average molecular weight is 226 g/mol. The number of hydrogen-bond donors (Lipinski definition) is 0. The van der Waals surface area contributed by atoms with Crippen LogP contribution in [0.25, 0.3) is 0 Å². The highest BCUT2D eigenvalue weighted by atomic mass is 31.2. The van der Waals surface area contributed by atoms with Crippen LogP contribution in [0.4, 0.5) is 0 Å². The first-order valence-corrected chi connectivity index (χ1v) is 7.24. The molecule has 2 nitrogen and oxygen atoms in total. The Morgan fingerprint density at radius 1 is 1.33 bits per heavy atom. The summed E-state index contributed by atoms with van der Waals surface area (Å²) in [7, 11) is -2.60. The zero-order valence-electron chi connectivity index (χ0n) is 9.69. The molecule has 0 aromatic heterocycles. The molecular formula is C12H19O2P. The number of aryl methyl sites for hydroxylation is 1. The van der Waals surface area contributed by atoms with Gasteiger partial charge in [0.2, 0.25) is 7.37 Å². The highest BCUT2D eigenvalue weighted by molar-refractivity contribution is 7.66. The van der Waals surface area contributed by atoms with Gasteiger partial charge >= 0.3 is 0 Å². The SMILES string of the molecule is CCCOP(=O)(CC)c1cccc(C)c1. The maximum Gasteiger partial charge on any atom is 0.231 e. The molecule has 0 heterocycles. The van der Waals surface area contributed by atoms with Crippen molar-refractivity contribution in [2.45, 2.75) is 27.2 Å². The minimum atomic E-state index is -2.60. The van der Waals surface area contributed by atoms with Crippen molar-refractivity contribution in [2.24, 2.45) is 0 Å². The van der Waals surface area contributed by atoms with E-state index in [9.17, 15) is 4.57 Å². The standard InChI is InChI=1S/C12H19O2P/c1-4-9-14-15(13,5-2)12-8-6-7-11(3)10-12/h6-8,10H,4-5,9H2,1-3H3. The Labute approximate surface area is 92.1 Å². The normalized spacial score (nSPS) is 14.9. The largest absolute Gasteiger partial charge is 0.325 e. The van der Waals surface area contributed by atoms with Crippen molar-refractivity contribution < 1.29 is 9.09 Å². The summed E-state index contributed by atoms with van der Waals surface area (Å²) >= 11 is 0. The summed E-state index contributed by atoms with van der Waals surface area (Å²) < 4.78 is 18.0. The second-order valence-corrected chi connectivity index (χ2v) is 6.42. The molecule has 0 N–H and O–H groups in total. The first kappa shape index (κ1) is 12.5. The maximum atomic E-state index is 12.5. The molecule has 0 amide bonds. The zero-order chi connectivity index (χ0) is 11.3. The molecule has 84 valence electrons. The van der Waals surface area contributed by atoms with E-state index in [1.165, 1.54) is 0 Å². The van der Waals surface area contributed by atoms with Crippen LogP contribution < -0.4 is 5.30 Å². The van der Waals surface area contributed by atoms with Gasteiger partial charge in [0.25, 0.3) is 0 Å². The van der Waals surface area contributed by atoms with Crippen LogP contribution in [0.5, 0.6) is 0 Å². The fourth-order valence-electron chi connectivity index (χ4n) is 1.43. The fraction of sp³-hybridized carbons (Fsp3) is 0.500. The molecule has 0 bridgehead atoms. The quantitative estimate of drug-likeness (QED) is 0.720. The van der Waals surface area contributed by atoms with Gasteiger partial charge in [-0.2, -0.15) is 0 Å². The van der Waals surface area contributed by atoms with E-state index in [2.05, 4.69) is 0 Å². The molecular weight excluding hydrogens is 207 g/mol. The van der Waals surface area contributed by atoms with Gasteiger partial charge in [0.1, 0.15) is 0 Å². The van der Waals surface area contributed by atoms with Crippen LogP contribution in [0.15, 0.2) is 24.3 Å². The minimum Gasteiger partial charge on any atom is -0.325 e. The monoisotopic (exact) mass is 226 g/mol. The molecule has 15 heavy (non-hydrogen) atoms.